The van der Waals surface area contributed by atoms with Gasteiger partial charge in [0.1, 0.15) is 11.5 Å². The maximum absolute atomic E-state index is 5.86. The Balaban J connectivity index is 2.71. The van der Waals surface area contributed by atoms with Crippen LogP contribution >= 0.6 is 0 Å². The second kappa shape index (κ2) is 8.05. The van der Waals surface area contributed by atoms with Crippen molar-refractivity contribution in [2.45, 2.75) is 34.2 Å². The van der Waals surface area contributed by atoms with E-state index in [0.717, 1.165) is 36.8 Å². The van der Waals surface area contributed by atoms with Crippen LogP contribution in [0.4, 0.5) is 0 Å². The minimum absolute atomic E-state index is 0.526. The van der Waals surface area contributed by atoms with Crippen molar-refractivity contribution in [1.29, 1.82) is 0 Å². The number of methoxy groups -OCH3 is 1. The minimum atomic E-state index is 0.526. The third-order valence-electron chi connectivity index (χ3n) is 2.71. The van der Waals surface area contributed by atoms with Gasteiger partial charge >= 0.3 is 0 Å². The minimum Gasteiger partial charge on any atom is -0.497 e. The summed E-state index contributed by atoms with van der Waals surface area (Å²) < 4.78 is 11.1. The monoisotopic (exact) mass is 265 g/mol. The van der Waals surface area contributed by atoms with Crippen molar-refractivity contribution >= 4 is 0 Å². The number of nitrogens with one attached hydrogen (secondary N) is 1. The highest BCUT2D eigenvalue weighted by atomic mass is 16.5. The molecule has 0 aliphatic heterocycles. The van der Waals surface area contributed by atoms with Crippen molar-refractivity contribution in [3.05, 3.63) is 23.8 Å². The predicted molar refractivity (Wildman–Crippen MR) is 79.9 cm³/mol. The van der Waals surface area contributed by atoms with E-state index in [2.05, 4.69) is 33.0 Å². The van der Waals surface area contributed by atoms with Crippen LogP contribution in [0.3, 0.4) is 0 Å². The molecule has 3 heteroatoms. The van der Waals surface area contributed by atoms with Crippen molar-refractivity contribution in [2.24, 2.45) is 11.8 Å². The molecule has 0 radical (unpaired) electrons. The second-order valence-corrected chi connectivity index (χ2v) is 5.70. The number of ether oxygens (including phenoxy) is 2. The normalized spacial score (nSPS) is 11.1. The van der Waals surface area contributed by atoms with Gasteiger partial charge in [-0.25, -0.2) is 0 Å². The molecule has 1 aromatic rings. The van der Waals surface area contributed by atoms with Crippen LogP contribution in [-0.4, -0.2) is 20.3 Å². The molecule has 0 aromatic heterocycles. The first kappa shape index (κ1) is 15.8. The van der Waals surface area contributed by atoms with Crippen molar-refractivity contribution in [3.8, 4) is 11.5 Å². The molecule has 108 valence electrons. The topological polar surface area (TPSA) is 30.5 Å². The molecule has 0 heterocycles. The average Bonchev–Trinajstić information content (AvgIpc) is 2.36. The van der Waals surface area contributed by atoms with Crippen LogP contribution in [0.15, 0.2) is 18.2 Å². The van der Waals surface area contributed by atoms with Crippen LogP contribution in [0.2, 0.25) is 0 Å². The quantitative estimate of drug-likeness (QED) is 0.780. The van der Waals surface area contributed by atoms with E-state index < -0.39 is 0 Å². The highest BCUT2D eigenvalue weighted by molar-refractivity contribution is 5.40. The molecule has 0 amide bonds. The first-order valence-corrected chi connectivity index (χ1v) is 7.03. The summed E-state index contributed by atoms with van der Waals surface area (Å²) in [5, 5.41) is 3.44. The molecule has 0 spiro atoms. The lowest BCUT2D eigenvalue weighted by Gasteiger charge is -2.15. The van der Waals surface area contributed by atoms with Crippen LogP contribution in [-0.2, 0) is 6.54 Å². The molecule has 1 aromatic carbocycles. The maximum Gasteiger partial charge on any atom is 0.124 e. The summed E-state index contributed by atoms with van der Waals surface area (Å²) in [6.07, 6.45) is 0. The molecule has 1 rings (SSSR count). The number of hydrogen-bond acceptors (Lipinski definition) is 3. The number of hydrogen-bond donors (Lipinski definition) is 1. The van der Waals surface area contributed by atoms with Gasteiger partial charge in [-0.05, 0) is 36.6 Å². The average molecular weight is 265 g/mol. The molecule has 0 aliphatic rings. The summed E-state index contributed by atoms with van der Waals surface area (Å²) in [6, 6.07) is 5.98. The van der Waals surface area contributed by atoms with Crippen molar-refractivity contribution in [2.75, 3.05) is 20.3 Å². The first-order chi connectivity index (χ1) is 9.02. The van der Waals surface area contributed by atoms with Gasteiger partial charge in [0.25, 0.3) is 0 Å². The molecule has 0 saturated heterocycles. The first-order valence-electron chi connectivity index (χ1n) is 7.03. The van der Waals surface area contributed by atoms with E-state index in [9.17, 15) is 0 Å². The van der Waals surface area contributed by atoms with E-state index in [4.69, 9.17) is 9.47 Å². The zero-order chi connectivity index (χ0) is 14.3. The molecule has 0 saturated carbocycles. The lowest BCUT2D eigenvalue weighted by Crippen LogP contribution is -2.19. The number of rotatable bonds is 8. The SMILES string of the molecule is COc1ccc(OCC(C)C)c(CNCC(C)C)c1. The van der Waals surface area contributed by atoms with E-state index >= 15 is 0 Å². The molecular formula is C16H27NO2. The molecule has 0 atom stereocenters. The van der Waals surface area contributed by atoms with Gasteiger partial charge < -0.3 is 14.8 Å². The Bertz CT molecular complexity index is 375. The Morgan fingerprint density at radius 2 is 1.84 bits per heavy atom. The summed E-state index contributed by atoms with van der Waals surface area (Å²) in [5.41, 5.74) is 1.15. The third kappa shape index (κ3) is 5.97. The molecule has 0 unspecified atom stereocenters. The van der Waals surface area contributed by atoms with Gasteiger partial charge in [-0.3, -0.25) is 0 Å². The van der Waals surface area contributed by atoms with E-state index in [1.165, 1.54) is 0 Å². The van der Waals surface area contributed by atoms with Crippen molar-refractivity contribution < 1.29 is 9.47 Å². The summed E-state index contributed by atoms with van der Waals surface area (Å²) in [4.78, 5) is 0. The van der Waals surface area contributed by atoms with Crippen molar-refractivity contribution in [1.82, 2.24) is 5.32 Å². The molecule has 1 N–H and O–H groups in total. The van der Waals surface area contributed by atoms with Crippen LogP contribution < -0.4 is 14.8 Å². The second-order valence-electron chi connectivity index (χ2n) is 5.70. The van der Waals surface area contributed by atoms with Gasteiger partial charge in [0.15, 0.2) is 0 Å². The maximum atomic E-state index is 5.86. The molecule has 19 heavy (non-hydrogen) atoms. The summed E-state index contributed by atoms with van der Waals surface area (Å²) in [5.74, 6) is 2.99. The third-order valence-corrected chi connectivity index (χ3v) is 2.71. The summed E-state index contributed by atoms with van der Waals surface area (Å²) in [6.45, 7) is 11.3. The Kier molecular flexibility index (Phi) is 6.71. The fourth-order valence-electron chi connectivity index (χ4n) is 1.71. The Morgan fingerprint density at radius 3 is 2.42 bits per heavy atom. The Morgan fingerprint density at radius 1 is 1.11 bits per heavy atom. The lowest BCUT2D eigenvalue weighted by molar-refractivity contribution is 0.267. The highest BCUT2D eigenvalue weighted by Crippen LogP contribution is 2.24. The van der Waals surface area contributed by atoms with Gasteiger partial charge in [0, 0.05) is 12.1 Å². The molecular weight excluding hydrogens is 238 g/mol. The predicted octanol–water partition coefficient (Wildman–Crippen LogP) is 3.48. The molecule has 0 aliphatic carbocycles. The van der Waals surface area contributed by atoms with E-state index in [1.54, 1.807) is 7.11 Å². The lowest BCUT2D eigenvalue weighted by atomic mass is 10.1. The largest absolute Gasteiger partial charge is 0.497 e. The standard InChI is InChI=1S/C16H27NO2/c1-12(2)9-17-10-14-8-15(18-5)6-7-16(14)19-11-13(3)4/h6-8,12-13,17H,9-11H2,1-5H3. The zero-order valence-electron chi connectivity index (χ0n) is 12.8. The van der Waals surface area contributed by atoms with Crippen LogP contribution in [0, 0.1) is 11.8 Å². The Labute approximate surface area is 117 Å². The van der Waals surface area contributed by atoms with E-state index in [1.807, 2.05) is 18.2 Å². The van der Waals surface area contributed by atoms with Crippen LogP contribution in [0.5, 0.6) is 11.5 Å². The van der Waals surface area contributed by atoms with Gasteiger partial charge in [-0.1, -0.05) is 27.7 Å². The molecule has 3 nitrogen and oxygen atoms in total. The smallest absolute Gasteiger partial charge is 0.124 e. The zero-order valence-corrected chi connectivity index (χ0v) is 12.8. The van der Waals surface area contributed by atoms with Crippen LogP contribution in [0.25, 0.3) is 0 Å². The van der Waals surface area contributed by atoms with Gasteiger partial charge in [0.2, 0.25) is 0 Å². The summed E-state index contributed by atoms with van der Waals surface area (Å²) >= 11 is 0. The number of benzene rings is 1. The van der Waals surface area contributed by atoms with E-state index in [-0.39, 0.29) is 0 Å². The van der Waals surface area contributed by atoms with Gasteiger partial charge in [0.05, 0.1) is 13.7 Å². The van der Waals surface area contributed by atoms with Gasteiger partial charge in [-0.15, -0.1) is 0 Å². The van der Waals surface area contributed by atoms with Crippen molar-refractivity contribution in [3.63, 3.8) is 0 Å². The fraction of sp³-hybridized carbons (Fsp3) is 0.625. The fourth-order valence-corrected chi connectivity index (χ4v) is 1.71. The highest BCUT2D eigenvalue weighted by Gasteiger charge is 2.07. The van der Waals surface area contributed by atoms with Crippen LogP contribution in [0.1, 0.15) is 33.3 Å². The Hall–Kier alpha value is -1.22. The molecule has 0 fully saturated rings. The summed E-state index contributed by atoms with van der Waals surface area (Å²) in [7, 11) is 1.69. The molecule has 0 bridgehead atoms. The van der Waals surface area contributed by atoms with E-state index in [0.29, 0.717) is 11.8 Å². The van der Waals surface area contributed by atoms with Gasteiger partial charge in [-0.2, -0.15) is 0 Å².